The molecule has 7 nitrogen and oxygen atoms in total. The second kappa shape index (κ2) is 8.74. The van der Waals surface area contributed by atoms with Crippen LogP contribution < -0.4 is 15.6 Å². The van der Waals surface area contributed by atoms with Crippen molar-refractivity contribution in [1.29, 1.82) is 0 Å². The van der Waals surface area contributed by atoms with Crippen LogP contribution in [0.2, 0.25) is 0 Å². The van der Waals surface area contributed by atoms with Crippen LogP contribution in [0.3, 0.4) is 0 Å². The summed E-state index contributed by atoms with van der Waals surface area (Å²) in [6.45, 7) is 0.301. The van der Waals surface area contributed by atoms with Gasteiger partial charge in [-0.05, 0) is 35.9 Å². The number of aromatic nitrogens is 3. The zero-order valence-corrected chi connectivity index (χ0v) is 16.7. The molecule has 0 saturated carbocycles. The monoisotopic (exact) mass is 418 g/mol. The first kappa shape index (κ1) is 20.2. The van der Waals surface area contributed by atoms with E-state index in [0.29, 0.717) is 22.5 Å². The fourth-order valence-electron chi connectivity index (χ4n) is 3.24. The third kappa shape index (κ3) is 4.28. The van der Waals surface area contributed by atoms with Crippen molar-refractivity contribution >= 4 is 17.1 Å². The summed E-state index contributed by atoms with van der Waals surface area (Å²) in [5.74, 6) is -0.357. The van der Waals surface area contributed by atoms with Gasteiger partial charge in [0.25, 0.3) is 11.5 Å². The molecule has 0 unspecified atom stereocenters. The molecule has 0 fully saturated rings. The van der Waals surface area contributed by atoms with Crippen LogP contribution in [0.5, 0.6) is 5.75 Å². The van der Waals surface area contributed by atoms with Gasteiger partial charge in [0, 0.05) is 18.3 Å². The van der Waals surface area contributed by atoms with Crippen LogP contribution >= 0.6 is 0 Å². The summed E-state index contributed by atoms with van der Waals surface area (Å²) in [5.41, 5.74) is 1.46. The van der Waals surface area contributed by atoms with Gasteiger partial charge in [0.2, 0.25) is 0 Å². The molecule has 0 spiro atoms. The molecule has 0 aliphatic heterocycles. The lowest BCUT2D eigenvalue weighted by Crippen LogP contribution is -2.35. The highest BCUT2D eigenvalue weighted by Crippen LogP contribution is 2.19. The van der Waals surface area contributed by atoms with Crippen LogP contribution in [-0.2, 0) is 13.1 Å². The maximum atomic E-state index is 13.2. The Morgan fingerprint density at radius 3 is 2.65 bits per heavy atom. The molecule has 0 radical (unpaired) electrons. The smallest absolute Gasteiger partial charge is 0.284 e. The number of methoxy groups -OCH3 is 1. The fourth-order valence-corrected chi connectivity index (χ4v) is 3.24. The van der Waals surface area contributed by atoms with Gasteiger partial charge in [-0.3, -0.25) is 14.2 Å². The van der Waals surface area contributed by atoms with Gasteiger partial charge in [-0.15, -0.1) is 0 Å². The van der Waals surface area contributed by atoms with Gasteiger partial charge in [0.1, 0.15) is 17.1 Å². The zero-order valence-electron chi connectivity index (χ0n) is 16.7. The normalized spacial score (nSPS) is 10.8. The third-order valence-corrected chi connectivity index (χ3v) is 4.80. The number of hydrogen-bond donors (Lipinski definition) is 1. The van der Waals surface area contributed by atoms with Gasteiger partial charge in [0.15, 0.2) is 11.3 Å². The molecule has 0 saturated heterocycles. The number of nitrogens with one attached hydrogen (secondary N) is 1. The Morgan fingerprint density at radius 1 is 1.10 bits per heavy atom. The molecule has 0 aliphatic rings. The van der Waals surface area contributed by atoms with Crippen molar-refractivity contribution in [2.45, 2.75) is 13.1 Å². The summed E-state index contributed by atoms with van der Waals surface area (Å²) >= 11 is 0. The first-order valence-corrected chi connectivity index (χ1v) is 9.57. The molecule has 0 atom stereocenters. The lowest BCUT2D eigenvalue weighted by Gasteiger charge is -2.13. The maximum Gasteiger partial charge on any atom is 0.284 e. The average Bonchev–Trinajstić information content (AvgIpc) is 2.80. The Morgan fingerprint density at radius 2 is 1.87 bits per heavy atom. The number of benzene rings is 2. The first-order valence-electron chi connectivity index (χ1n) is 9.57. The van der Waals surface area contributed by atoms with Crippen molar-refractivity contribution in [3.05, 3.63) is 99.9 Å². The van der Waals surface area contributed by atoms with E-state index in [1.807, 2.05) is 18.2 Å². The van der Waals surface area contributed by atoms with Gasteiger partial charge in [0.05, 0.1) is 13.7 Å². The molecule has 156 valence electrons. The average molecular weight is 418 g/mol. The molecule has 1 N–H and O–H groups in total. The van der Waals surface area contributed by atoms with E-state index in [-0.39, 0.29) is 24.6 Å². The van der Waals surface area contributed by atoms with Gasteiger partial charge >= 0.3 is 0 Å². The summed E-state index contributed by atoms with van der Waals surface area (Å²) in [4.78, 5) is 34.5. The van der Waals surface area contributed by atoms with Gasteiger partial charge < -0.3 is 10.1 Å². The van der Waals surface area contributed by atoms with E-state index in [1.54, 1.807) is 43.6 Å². The highest BCUT2D eigenvalue weighted by atomic mass is 19.1. The molecule has 1 amide bonds. The van der Waals surface area contributed by atoms with Crippen LogP contribution in [0.1, 0.15) is 21.6 Å². The van der Waals surface area contributed by atoms with Crippen LogP contribution in [0.25, 0.3) is 11.2 Å². The Hall–Kier alpha value is -4.07. The van der Waals surface area contributed by atoms with Crippen molar-refractivity contribution in [3.8, 4) is 5.75 Å². The molecule has 4 aromatic rings. The Kier molecular flexibility index (Phi) is 5.70. The van der Waals surface area contributed by atoms with E-state index in [2.05, 4.69) is 15.3 Å². The van der Waals surface area contributed by atoms with Gasteiger partial charge in [-0.2, -0.15) is 0 Å². The summed E-state index contributed by atoms with van der Waals surface area (Å²) in [5, 5.41) is 2.67. The summed E-state index contributed by atoms with van der Waals surface area (Å²) < 4.78 is 19.9. The number of hydrogen-bond acceptors (Lipinski definition) is 5. The van der Waals surface area contributed by atoms with Crippen LogP contribution in [0.4, 0.5) is 4.39 Å². The van der Waals surface area contributed by atoms with Crippen LogP contribution in [0.15, 0.2) is 71.7 Å². The predicted octanol–water partition coefficient (Wildman–Crippen LogP) is 2.92. The fraction of sp³-hybridized carbons (Fsp3) is 0.130. The number of para-hydroxylation sites is 1. The summed E-state index contributed by atoms with van der Waals surface area (Å²) in [6.07, 6.45) is 1.57. The topological polar surface area (TPSA) is 86.1 Å². The van der Waals surface area contributed by atoms with Crippen molar-refractivity contribution in [3.63, 3.8) is 0 Å². The number of carbonyl (C=O) groups is 1. The quantitative estimate of drug-likeness (QED) is 0.520. The SMILES string of the molecule is COc1ccccc1Cn1c(=O)c(C(=O)NCc2ccc(F)cc2)nc2cccnc21. The number of halogens is 1. The number of amides is 1. The minimum atomic E-state index is -0.617. The molecule has 2 aromatic carbocycles. The lowest BCUT2D eigenvalue weighted by atomic mass is 10.2. The summed E-state index contributed by atoms with van der Waals surface area (Å²) in [7, 11) is 1.55. The van der Waals surface area contributed by atoms with Crippen molar-refractivity contribution in [2.24, 2.45) is 0 Å². The van der Waals surface area contributed by atoms with E-state index in [0.717, 1.165) is 5.56 Å². The number of rotatable bonds is 6. The van der Waals surface area contributed by atoms with E-state index >= 15 is 0 Å². The summed E-state index contributed by atoms with van der Waals surface area (Å²) in [6, 6.07) is 16.4. The lowest BCUT2D eigenvalue weighted by molar-refractivity contribution is 0.0944. The molecule has 0 aliphatic carbocycles. The number of nitrogens with zero attached hydrogens (tertiary/aromatic N) is 3. The number of pyridine rings is 1. The van der Waals surface area contributed by atoms with E-state index in [4.69, 9.17) is 4.74 Å². The molecular formula is C23H19FN4O3. The van der Waals surface area contributed by atoms with E-state index in [9.17, 15) is 14.0 Å². The minimum Gasteiger partial charge on any atom is -0.496 e. The molecule has 4 rings (SSSR count). The molecule has 2 heterocycles. The Bertz CT molecular complexity index is 1300. The molecule has 2 aromatic heterocycles. The highest BCUT2D eigenvalue weighted by molar-refractivity contribution is 5.93. The minimum absolute atomic E-state index is 0.137. The van der Waals surface area contributed by atoms with Gasteiger partial charge in [-0.1, -0.05) is 30.3 Å². The van der Waals surface area contributed by atoms with Crippen molar-refractivity contribution in [1.82, 2.24) is 19.9 Å². The van der Waals surface area contributed by atoms with E-state index < -0.39 is 11.5 Å². The standard InChI is InChI=1S/C23H19FN4O3/c1-31-19-7-3-2-5-16(19)14-28-21-18(6-4-12-25-21)27-20(23(28)30)22(29)26-13-15-8-10-17(24)11-9-15/h2-12H,13-14H2,1H3,(H,26,29). The third-order valence-electron chi connectivity index (χ3n) is 4.80. The predicted molar refractivity (Wildman–Crippen MR) is 113 cm³/mol. The second-order valence-corrected chi connectivity index (χ2v) is 6.82. The molecule has 31 heavy (non-hydrogen) atoms. The Labute approximate surface area is 177 Å². The van der Waals surface area contributed by atoms with E-state index in [1.165, 1.54) is 16.7 Å². The number of fused-ring (bicyclic) bond motifs is 1. The van der Waals surface area contributed by atoms with Crippen molar-refractivity contribution < 1.29 is 13.9 Å². The Balaban J connectivity index is 1.71. The molecule has 8 heteroatoms. The van der Waals surface area contributed by atoms with Crippen molar-refractivity contribution in [2.75, 3.05) is 7.11 Å². The largest absolute Gasteiger partial charge is 0.496 e. The second-order valence-electron chi connectivity index (χ2n) is 6.82. The number of ether oxygens (including phenoxy) is 1. The van der Waals surface area contributed by atoms with Crippen LogP contribution in [-0.4, -0.2) is 27.6 Å². The maximum absolute atomic E-state index is 13.2. The molecule has 0 bridgehead atoms. The zero-order chi connectivity index (χ0) is 21.8. The highest BCUT2D eigenvalue weighted by Gasteiger charge is 2.19. The number of carbonyl (C=O) groups excluding carboxylic acids is 1. The van der Waals surface area contributed by atoms with Gasteiger partial charge in [-0.25, -0.2) is 14.4 Å². The first-order chi connectivity index (χ1) is 15.1. The van der Waals surface area contributed by atoms with Crippen LogP contribution in [0, 0.1) is 5.82 Å². The molecular weight excluding hydrogens is 399 g/mol.